The van der Waals surface area contributed by atoms with Crippen LogP contribution in [0.15, 0.2) is 24.8 Å². The Kier molecular flexibility index (Phi) is 2.56. The van der Waals surface area contributed by atoms with Crippen molar-refractivity contribution in [1.29, 1.82) is 0 Å². The first-order chi connectivity index (χ1) is 6.30. The van der Waals surface area contributed by atoms with Crippen molar-refractivity contribution in [3.05, 3.63) is 30.3 Å². The Bertz CT molecular complexity index is 339. The third kappa shape index (κ3) is 2.28. The summed E-state index contributed by atoms with van der Waals surface area (Å²) >= 11 is 0. The summed E-state index contributed by atoms with van der Waals surface area (Å²) in [6.07, 6.45) is 0. The molecule has 0 saturated heterocycles. The molecule has 1 rings (SSSR count). The minimum atomic E-state index is -0.0692. The van der Waals surface area contributed by atoms with Gasteiger partial charge in [0.1, 0.15) is 11.5 Å². The Morgan fingerprint density at radius 1 is 1.07 bits per heavy atom. The molecule has 0 aromatic heterocycles. The smallest absolute Gasteiger partial charge is 0.119 e. The van der Waals surface area contributed by atoms with E-state index in [0.717, 1.165) is 11.1 Å². The fraction of sp³-hybridized carbons (Fsp3) is 0.333. The average Bonchev–Trinajstić information content (AvgIpc) is 1.99. The molecule has 0 heterocycles. The minimum Gasteiger partial charge on any atom is -0.508 e. The van der Waals surface area contributed by atoms with Gasteiger partial charge in [0.05, 0.1) is 0 Å². The summed E-state index contributed by atoms with van der Waals surface area (Å²) in [5.41, 5.74) is 1.60. The lowest BCUT2D eigenvalue weighted by Gasteiger charge is -2.22. The number of phenols is 2. The van der Waals surface area contributed by atoms with Gasteiger partial charge in [-0.15, -0.1) is 0 Å². The molecule has 2 heteroatoms. The maximum atomic E-state index is 9.31. The first-order valence-corrected chi connectivity index (χ1v) is 4.53. The van der Waals surface area contributed by atoms with Crippen molar-refractivity contribution in [2.45, 2.75) is 20.8 Å². The van der Waals surface area contributed by atoms with Gasteiger partial charge in [-0.2, -0.15) is 0 Å². The van der Waals surface area contributed by atoms with Gasteiger partial charge in [0.25, 0.3) is 0 Å². The van der Waals surface area contributed by atoms with E-state index >= 15 is 0 Å². The molecule has 0 atom stereocenters. The molecular weight excluding hydrogens is 176 g/mol. The van der Waals surface area contributed by atoms with Crippen molar-refractivity contribution in [2.24, 2.45) is 5.41 Å². The van der Waals surface area contributed by atoms with Crippen LogP contribution in [0, 0.1) is 5.41 Å². The highest BCUT2D eigenvalue weighted by Gasteiger charge is 2.17. The molecule has 76 valence electrons. The molecule has 0 spiro atoms. The van der Waals surface area contributed by atoms with Crippen molar-refractivity contribution >= 4 is 5.57 Å². The third-order valence-electron chi connectivity index (χ3n) is 2.16. The van der Waals surface area contributed by atoms with E-state index in [1.54, 1.807) is 12.1 Å². The minimum absolute atomic E-state index is 0.0606. The second-order valence-corrected chi connectivity index (χ2v) is 4.47. The highest BCUT2D eigenvalue weighted by Crippen LogP contribution is 2.35. The number of allylic oxidation sites excluding steroid dienone is 1. The summed E-state index contributed by atoms with van der Waals surface area (Å²) in [6.45, 7) is 10.1. The number of hydrogen-bond donors (Lipinski definition) is 2. The standard InChI is InChI=1S/C12H16O2/c1-8(12(2,3)4)9-5-10(13)7-11(14)6-9/h5-7,13-14H,1H2,2-4H3. The quantitative estimate of drug-likeness (QED) is 0.717. The second-order valence-electron chi connectivity index (χ2n) is 4.47. The summed E-state index contributed by atoms with van der Waals surface area (Å²) in [7, 11) is 0. The van der Waals surface area contributed by atoms with Gasteiger partial charge in [-0.3, -0.25) is 0 Å². The van der Waals surface area contributed by atoms with Crippen LogP contribution in [0.1, 0.15) is 26.3 Å². The fourth-order valence-corrected chi connectivity index (χ4v) is 1.20. The molecular formula is C12H16O2. The van der Waals surface area contributed by atoms with Gasteiger partial charge >= 0.3 is 0 Å². The van der Waals surface area contributed by atoms with E-state index in [2.05, 4.69) is 6.58 Å². The Hall–Kier alpha value is -1.44. The zero-order valence-corrected chi connectivity index (χ0v) is 8.83. The zero-order valence-electron chi connectivity index (χ0n) is 8.83. The van der Waals surface area contributed by atoms with Crippen molar-refractivity contribution in [2.75, 3.05) is 0 Å². The lowest BCUT2D eigenvalue weighted by atomic mass is 9.83. The van der Waals surface area contributed by atoms with Gasteiger partial charge < -0.3 is 10.2 Å². The number of aromatic hydroxyl groups is 2. The molecule has 0 bridgehead atoms. The van der Waals surface area contributed by atoms with Crippen LogP contribution in [0.3, 0.4) is 0 Å². The van der Waals surface area contributed by atoms with Crippen molar-refractivity contribution in [1.82, 2.24) is 0 Å². The monoisotopic (exact) mass is 192 g/mol. The van der Waals surface area contributed by atoms with E-state index in [1.165, 1.54) is 6.07 Å². The van der Waals surface area contributed by atoms with Gasteiger partial charge in [0.15, 0.2) is 0 Å². The Morgan fingerprint density at radius 3 is 1.86 bits per heavy atom. The molecule has 1 aromatic carbocycles. The van der Waals surface area contributed by atoms with Gasteiger partial charge in [0, 0.05) is 6.07 Å². The zero-order chi connectivity index (χ0) is 10.9. The van der Waals surface area contributed by atoms with Gasteiger partial charge in [-0.1, -0.05) is 27.4 Å². The highest BCUT2D eigenvalue weighted by molar-refractivity contribution is 5.69. The molecule has 0 fully saturated rings. The van der Waals surface area contributed by atoms with Crippen molar-refractivity contribution in [3.8, 4) is 11.5 Å². The SMILES string of the molecule is C=C(c1cc(O)cc(O)c1)C(C)(C)C. The number of phenolic OH excluding ortho intramolecular Hbond substituents is 2. The summed E-state index contributed by atoms with van der Waals surface area (Å²) in [5.74, 6) is 0.121. The van der Waals surface area contributed by atoms with E-state index in [0.29, 0.717) is 0 Å². The molecule has 0 aliphatic rings. The number of hydrogen-bond acceptors (Lipinski definition) is 2. The van der Waals surface area contributed by atoms with Crippen LogP contribution < -0.4 is 0 Å². The molecule has 2 N–H and O–H groups in total. The molecule has 0 unspecified atom stereocenters. The van der Waals surface area contributed by atoms with E-state index in [-0.39, 0.29) is 16.9 Å². The molecule has 0 amide bonds. The first kappa shape index (κ1) is 10.6. The Labute approximate surface area is 84.5 Å². The summed E-state index contributed by atoms with van der Waals surface area (Å²) in [4.78, 5) is 0. The summed E-state index contributed by atoms with van der Waals surface area (Å²) in [6, 6.07) is 4.51. The van der Waals surface area contributed by atoms with Crippen LogP contribution in [0.4, 0.5) is 0 Å². The predicted molar refractivity (Wildman–Crippen MR) is 58.3 cm³/mol. The Morgan fingerprint density at radius 2 is 1.50 bits per heavy atom. The van der Waals surface area contributed by atoms with Crippen LogP contribution in [0.2, 0.25) is 0 Å². The molecule has 0 radical (unpaired) electrons. The molecule has 2 nitrogen and oxygen atoms in total. The van der Waals surface area contributed by atoms with E-state index in [1.807, 2.05) is 20.8 Å². The van der Waals surface area contributed by atoms with Gasteiger partial charge in [-0.05, 0) is 28.7 Å². The average molecular weight is 192 g/mol. The van der Waals surface area contributed by atoms with Crippen LogP contribution in [0.5, 0.6) is 11.5 Å². The molecule has 1 aromatic rings. The second kappa shape index (κ2) is 3.37. The van der Waals surface area contributed by atoms with Crippen LogP contribution in [0.25, 0.3) is 5.57 Å². The molecule has 0 saturated carbocycles. The van der Waals surface area contributed by atoms with Gasteiger partial charge in [-0.25, -0.2) is 0 Å². The lowest BCUT2D eigenvalue weighted by Crippen LogP contribution is -2.06. The number of rotatable bonds is 1. The predicted octanol–water partition coefficient (Wildman–Crippen LogP) is 3.16. The maximum Gasteiger partial charge on any atom is 0.119 e. The van der Waals surface area contributed by atoms with Crippen molar-refractivity contribution in [3.63, 3.8) is 0 Å². The molecule has 0 aliphatic heterocycles. The summed E-state index contributed by atoms with van der Waals surface area (Å²) in [5, 5.41) is 18.6. The van der Waals surface area contributed by atoms with Crippen molar-refractivity contribution < 1.29 is 10.2 Å². The van der Waals surface area contributed by atoms with E-state index in [4.69, 9.17) is 0 Å². The van der Waals surface area contributed by atoms with Crippen LogP contribution in [-0.4, -0.2) is 10.2 Å². The topological polar surface area (TPSA) is 40.5 Å². The molecule has 14 heavy (non-hydrogen) atoms. The van der Waals surface area contributed by atoms with E-state index < -0.39 is 0 Å². The van der Waals surface area contributed by atoms with Crippen LogP contribution in [-0.2, 0) is 0 Å². The maximum absolute atomic E-state index is 9.31. The summed E-state index contributed by atoms with van der Waals surface area (Å²) < 4.78 is 0. The van der Waals surface area contributed by atoms with Crippen LogP contribution >= 0.6 is 0 Å². The molecule has 0 aliphatic carbocycles. The number of benzene rings is 1. The third-order valence-corrected chi connectivity index (χ3v) is 2.16. The highest BCUT2D eigenvalue weighted by atomic mass is 16.3. The fourth-order valence-electron chi connectivity index (χ4n) is 1.20. The van der Waals surface area contributed by atoms with E-state index in [9.17, 15) is 10.2 Å². The largest absolute Gasteiger partial charge is 0.508 e. The Balaban J connectivity index is 3.14. The first-order valence-electron chi connectivity index (χ1n) is 4.53. The van der Waals surface area contributed by atoms with Gasteiger partial charge in [0.2, 0.25) is 0 Å². The normalized spacial score (nSPS) is 11.4. The lowest BCUT2D eigenvalue weighted by molar-refractivity contribution is 0.449.